The van der Waals surface area contributed by atoms with Crippen molar-refractivity contribution in [3.8, 4) is 0 Å². The summed E-state index contributed by atoms with van der Waals surface area (Å²) in [5.41, 5.74) is 2.17. The number of benzene rings is 1. The van der Waals surface area contributed by atoms with Gasteiger partial charge in [-0.2, -0.15) is 0 Å². The van der Waals surface area contributed by atoms with E-state index in [4.69, 9.17) is 18.9 Å². The molecule has 1 aromatic rings. The molecular formula is C38H61NO7. The molecule has 0 fully saturated rings. The van der Waals surface area contributed by atoms with Crippen molar-refractivity contribution in [2.75, 3.05) is 26.2 Å². The Balaban J connectivity index is 2.38. The van der Waals surface area contributed by atoms with Crippen molar-refractivity contribution < 1.29 is 33.3 Å². The summed E-state index contributed by atoms with van der Waals surface area (Å²) in [6.45, 7) is 11.4. The molecule has 0 bridgehead atoms. The largest absolute Gasteiger partial charge is 0.508 e. The minimum absolute atomic E-state index is 0.00263. The van der Waals surface area contributed by atoms with Gasteiger partial charge in [0.1, 0.15) is 19.8 Å². The monoisotopic (exact) mass is 643 g/mol. The van der Waals surface area contributed by atoms with Crippen LogP contribution in [0, 0.1) is 0 Å². The summed E-state index contributed by atoms with van der Waals surface area (Å²) in [6.07, 6.45) is 22.2. The Hall–Kier alpha value is -3.13. The zero-order valence-electron chi connectivity index (χ0n) is 29.2. The number of carbonyl (C=O) groups is 3. The fourth-order valence-corrected chi connectivity index (χ4v) is 4.84. The Morgan fingerprint density at radius 2 is 1.15 bits per heavy atom. The molecule has 0 atom stereocenters. The smallest absolute Gasteiger partial charge is 0.461 e. The summed E-state index contributed by atoms with van der Waals surface area (Å²) in [5, 5.41) is 0. The molecule has 1 aromatic carbocycles. The quantitative estimate of drug-likeness (QED) is 0.0405. The normalized spacial score (nSPS) is 11.4. The van der Waals surface area contributed by atoms with Crippen LogP contribution in [0.3, 0.4) is 0 Å². The van der Waals surface area contributed by atoms with E-state index in [1.165, 1.54) is 32.1 Å². The summed E-state index contributed by atoms with van der Waals surface area (Å²) < 4.78 is 21.3. The third-order valence-electron chi connectivity index (χ3n) is 7.62. The summed E-state index contributed by atoms with van der Waals surface area (Å²) in [5.74, 6) is -0.542. The van der Waals surface area contributed by atoms with Gasteiger partial charge in [-0.15, -0.1) is 0 Å². The first-order valence-electron chi connectivity index (χ1n) is 17.7. The van der Waals surface area contributed by atoms with Gasteiger partial charge in [-0.25, -0.2) is 4.79 Å². The molecule has 1 rings (SSSR count). The van der Waals surface area contributed by atoms with Gasteiger partial charge < -0.3 is 23.8 Å². The van der Waals surface area contributed by atoms with E-state index in [2.05, 4.69) is 50.0 Å². The zero-order chi connectivity index (χ0) is 33.7. The van der Waals surface area contributed by atoms with Gasteiger partial charge in [0, 0.05) is 19.4 Å². The molecule has 0 spiro atoms. The topological polar surface area (TPSA) is 91.4 Å². The van der Waals surface area contributed by atoms with E-state index in [0.29, 0.717) is 12.0 Å². The van der Waals surface area contributed by atoms with E-state index in [0.717, 1.165) is 75.7 Å². The number of rotatable bonds is 27. The van der Waals surface area contributed by atoms with Crippen LogP contribution in [0.25, 0.3) is 0 Å². The Kier molecular flexibility index (Phi) is 25.0. The second-order valence-electron chi connectivity index (χ2n) is 11.6. The van der Waals surface area contributed by atoms with Crippen LogP contribution in [0.1, 0.15) is 134 Å². The molecule has 0 aliphatic heterocycles. The third-order valence-corrected chi connectivity index (χ3v) is 7.62. The number of hydrogen-bond acceptors (Lipinski definition) is 8. The van der Waals surface area contributed by atoms with Crippen molar-refractivity contribution in [2.45, 2.75) is 137 Å². The molecule has 0 saturated carbocycles. The first kappa shape index (κ1) is 40.9. The number of unbranched alkanes of at least 4 members (excludes halogenated alkanes) is 8. The van der Waals surface area contributed by atoms with Crippen LogP contribution in [0.2, 0.25) is 0 Å². The Labute approximate surface area is 278 Å². The Morgan fingerprint density at radius 1 is 0.609 bits per heavy atom. The van der Waals surface area contributed by atoms with Gasteiger partial charge in [0.25, 0.3) is 0 Å². The van der Waals surface area contributed by atoms with Gasteiger partial charge in [0.05, 0.1) is 6.61 Å². The summed E-state index contributed by atoms with van der Waals surface area (Å²) in [7, 11) is 0. The Bertz CT molecular complexity index is 1020. The second kappa shape index (κ2) is 28.1. The lowest BCUT2D eigenvalue weighted by molar-refractivity contribution is -0.145. The molecule has 0 heterocycles. The molecule has 260 valence electrons. The number of carbonyl (C=O) groups excluding carboxylic acids is 3. The lowest BCUT2D eigenvalue weighted by Crippen LogP contribution is -2.25. The SMILES string of the molecule is CCCCC/C=C\C/C=C\CCCCCCCC(=O)OCc1cc(COC(=O)CC)cc(COC(=O)OCCCN(CC)CC)c1. The predicted octanol–water partition coefficient (Wildman–Crippen LogP) is 9.38. The lowest BCUT2D eigenvalue weighted by atomic mass is 10.1. The maximum Gasteiger partial charge on any atom is 0.508 e. The number of nitrogens with zero attached hydrogens (tertiary/aromatic N) is 1. The average molecular weight is 644 g/mol. The molecule has 0 aliphatic carbocycles. The summed E-state index contributed by atoms with van der Waals surface area (Å²) >= 11 is 0. The fourth-order valence-electron chi connectivity index (χ4n) is 4.84. The summed E-state index contributed by atoms with van der Waals surface area (Å²) in [6, 6.07) is 5.47. The van der Waals surface area contributed by atoms with Crippen LogP contribution in [-0.2, 0) is 48.4 Å². The third kappa shape index (κ3) is 22.4. The van der Waals surface area contributed by atoms with Crippen molar-refractivity contribution in [1.29, 1.82) is 0 Å². The molecule has 0 radical (unpaired) electrons. The van der Waals surface area contributed by atoms with Gasteiger partial charge in [-0.1, -0.05) is 84.1 Å². The first-order valence-corrected chi connectivity index (χ1v) is 17.7. The van der Waals surface area contributed by atoms with Crippen LogP contribution in [0.5, 0.6) is 0 Å². The lowest BCUT2D eigenvalue weighted by Gasteiger charge is -2.17. The highest BCUT2D eigenvalue weighted by Crippen LogP contribution is 2.16. The predicted molar refractivity (Wildman–Crippen MR) is 184 cm³/mol. The van der Waals surface area contributed by atoms with Crippen molar-refractivity contribution in [1.82, 2.24) is 4.90 Å². The molecule has 0 aliphatic rings. The van der Waals surface area contributed by atoms with Crippen molar-refractivity contribution in [3.63, 3.8) is 0 Å². The highest BCUT2D eigenvalue weighted by atomic mass is 16.7. The number of allylic oxidation sites excluding steroid dienone is 4. The molecule has 0 unspecified atom stereocenters. The zero-order valence-corrected chi connectivity index (χ0v) is 29.2. The van der Waals surface area contributed by atoms with E-state index in [1.807, 2.05) is 18.2 Å². The van der Waals surface area contributed by atoms with Gasteiger partial charge in [0.2, 0.25) is 0 Å². The van der Waals surface area contributed by atoms with Gasteiger partial charge >= 0.3 is 18.1 Å². The van der Waals surface area contributed by atoms with Crippen molar-refractivity contribution in [3.05, 3.63) is 59.2 Å². The highest BCUT2D eigenvalue weighted by molar-refractivity contribution is 5.69. The van der Waals surface area contributed by atoms with E-state index in [-0.39, 0.29) is 44.8 Å². The number of esters is 2. The summed E-state index contributed by atoms with van der Waals surface area (Å²) in [4.78, 5) is 38.5. The van der Waals surface area contributed by atoms with E-state index < -0.39 is 6.16 Å². The van der Waals surface area contributed by atoms with Gasteiger partial charge in [0.15, 0.2) is 0 Å². The average Bonchev–Trinajstić information content (AvgIpc) is 3.07. The van der Waals surface area contributed by atoms with Crippen LogP contribution in [0.15, 0.2) is 42.5 Å². The minimum Gasteiger partial charge on any atom is -0.461 e. The first-order chi connectivity index (χ1) is 22.4. The molecular weight excluding hydrogens is 582 g/mol. The van der Waals surface area contributed by atoms with Gasteiger partial charge in [-0.3, -0.25) is 9.59 Å². The molecule has 8 heteroatoms. The second-order valence-corrected chi connectivity index (χ2v) is 11.6. The maximum atomic E-state index is 12.4. The Morgan fingerprint density at radius 3 is 1.74 bits per heavy atom. The molecule has 0 amide bonds. The molecule has 0 saturated heterocycles. The van der Waals surface area contributed by atoms with Gasteiger partial charge in [-0.05, 0) is 92.9 Å². The van der Waals surface area contributed by atoms with E-state index >= 15 is 0 Å². The maximum absolute atomic E-state index is 12.4. The minimum atomic E-state index is -0.729. The number of ether oxygens (including phenoxy) is 4. The van der Waals surface area contributed by atoms with Crippen LogP contribution in [-0.4, -0.2) is 49.2 Å². The van der Waals surface area contributed by atoms with Crippen LogP contribution < -0.4 is 0 Å². The fraction of sp³-hybridized carbons (Fsp3) is 0.658. The standard InChI is InChI=1S/C38H61NO7/c1-5-9-10-11-12-13-14-15-16-17-18-19-20-21-22-24-37(41)45-31-34-27-33(30-44-36(40)6-2)28-35(29-34)32-46-38(42)43-26-23-25-39(7-3)8-4/h12-13,15-16,27-29H,5-11,14,17-26,30-32H2,1-4H3/b13-12-,16-15-. The molecule has 0 N–H and O–H groups in total. The molecule has 46 heavy (non-hydrogen) atoms. The van der Waals surface area contributed by atoms with Crippen LogP contribution >= 0.6 is 0 Å². The highest BCUT2D eigenvalue weighted by Gasteiger charge is 2.11. The number of hydrogen-bond donors (Lipinski definition) is 0. The van der Waals surface area contributed by atoms with E-state index in [9.17, 15) is 14.4 Å². The molecule has 8 nitrogen and oxygen atoms in total. The van der Waals surface area contributed by atoms with Crippen LogP contribution in [0.4, 0.5) is 4.79 Å². The van der Waals surface area contributed by atoms with Crippen molar-refractivity contribution >= 4 is 18.1 Å². The van der Waals surface area contributed by atoms with Crippen molar-refractivity contribution in [2.24, 2.45) is 0 Å². The van der Waals surface area contributed by atoms with E-state index in [1.54, 1.807) is 6.92 Å². The molecule has 0 aromatic heterocycles.